The van der Waals surface area contributed by atoms with Gasteiger partial charge >= 0.3 is 0 Å². The van der Waals surface area contributed by atoms with E-state index in [-0.39, 0.29) is 18.1 Å². The second-order valence-electron chi connectivity index (χ2n) is 6.03. The maximum Gasteiger partial charge on any atom is 0.240 e. The summed E-state index contributed by atoms with van der Waals surface area (Å²) in [4.78, 5) is 14.6. The fourth-order valence-corrected chi connectivity index (χ4v) is 3.67. The molecule has 1 aromatic heterocycles. The smallest absolute Gasteiger partial charge is 0.240 e. The van der Waals surface area contributed by atoms with Gasteiger partial charge in [0, 0.05) is 6.54 Å². The van der Waals surface area contributed by atoms with Crippen molar-refractivity contribution in [1.82, 2.24) is 4.90 Å². The van der Waals surface area contributed by atoms with E-state index >= 15 is 0 Å². The zero-order valence-electron chi connectivity index (χ0n) is 13.2. The number of morpholine rings is 1. The number of carbonyl (C=O) groups excluding carboxylic acids is 1. The molecule has 2 unspecified atom stereocenters. The van der Waals surface area contributed by atoms with E-state index in [9.17, 15) is 4.79 Å². The predicted octanol–water partition coefficient (Wildman–Crippen LogP) is 2.61. The van der Waals surface area contributed by atoms with Gasteiger partial charge in [-0.1, -0.05) is 30.3 Å². The van der Waals surface area contributed by atoms with Gasteiger partial charge in [0.2, 0.25) is 5.91 Å². The van der Waals surface area contributed by atoms with Gasteiger partial charge in [-0.05, 0) is 41.3 Å². The molecule has 5 heteroatoms. The van der Waals surface area contributed by atoms with Crippen molar-refractivity contribution in [2.75, 3.05) is 13.1 Å². The van der Waals surface area contributed by atoms with Crippen LogP contribution in [0.25, 0.3) is 0 Å². The van der Waals surface area contributed by atoms with Crippen LogP contribution in [0.4, 0.5) is 0 Å². The lowest BCUT2D eigenvalue weighted by Crippen LogP contribution is -2.52. The normalized spacial score (nSPS) is 22.8. The zero-order valence-corrected chi connectivity index (χ0v) is 14.0. The minimum absolute atomic E-state index is 0.00392. The van der Waals surface area contributed by atoms with Crippen LogP contribution in [-0.2, 0) is 16.0 Å². The van der Waals surface area contributed by atoms with Crippen LogP contribution in [0.5, 0.6) is 0 Å². The van der Waals surface area contributed by atoms with Crippen LogP contribution in [0.15, 0.2) is 47.2 Å². The van der Waals surface area contributed by atoms with E-state index in [4.69, 9.17) is 10.5 Å². The van der Waals surface area contributed by atoms with E-state index in [1.807, 2.05) is 47.5 Å². The molecule has 2 heterocycles. The highest BCUT2D eigenvalue weighted by Gasteiger charge is 2.31. The second kappa shape index (κ2) is 7.25. The van der Waals surface area contributed by atoms with Gasteiger partial charge < -0.3 is 15.4 Å². The Bertz CT molecular complexity index is 630. The second-order valence-corrected chi connectivity index (χ2v) is 6.81. The van der Waals surface area contributed by atoms with E-state index in [2.05, 4.69) is 11.4 Å². The van der Waals surface area contributed by atoms with Gasteiger partial charge in [-0.25, -0.2) is 0 Å². The number of benzene rings is 1. The highest BCUT2D eigenvalue weighted by Crippen LogP contribution is 2.27. The molecule has 0 spiro atoms. The van der Waals surface area contributed by atoms with Gasteiger partial charge in [0.1, 0.15) is 6.10 Å². The quantitative estimate of drug-likeness (QED) is 0.937. The molecule has 1 aromatic carbocycles. The number of carbonyl (C=O) groups is 1. The molecule has 1 amide bonds. The molecule has 2 aromatic rings. The molecular formula is C18H22N2O2S. The predicted molar refractivity (Wildman–Crippen MR) is 92.3 cm³/mol. The minimum atomic E-state index is -0.508. The van der Waals surface area contributed by atoms with Crippen molar-refractivity contribution in [3.63, 3.8) is 0 Å². The molecule has 1 aliphatic rings. The molecule has 0 aliphatic carbocycles. The molecule has 122 valence electrons. The summed E-state index contributed by atoms with van der Waals surface area (Å²) >= 11 is 1.64. The Morgan fingerprint density at radius 1 is 1.35 bits per heavy atom. The Balaban J connectivity index is 1.66. The van der Waals surface area contributed by atoms with Gasteiger partial charge in [-0.3, -0.25) is 4.79 Å². The van der Waals surface area contributed by atoms with Crippen LogP contribution in [0.2, 0.25) is 0 Å². The third kappa shape index (κ3) is 3.99. The molecule has 1 aliphatic heterocycles. The first-order chi connectivity index (χ1) is 11.1. The molecule has 0 radical (unpaired) electrons. The van der Waals surface area contributed by atoms with E-state index < -0.39 is 6.04 Å². The standard InChI is InChI=1S/C18H22N2O2S/c1-13-10-20(11-17(22-13)15-7-8-23-12-15)18(21)16(19)9-14-5-3-2-4-6-14/h2-8,12-13,16-17H,9-11,19H2,1H3/t13?,16-,17?/m0/s1. The van der Waals surface area contributed by atoms with Crippen LogP contribution in [-0.4, -0.2) is 36.0 Å². The maximum absolute atomic E-state index is 12.7. The van der Waals surface area contributed by atoms with Crippen molar-refractivity contribution in [3.05, 3.63) is 58.3 Å². The summed E-state index contributed by atoms with van der Waals surface area (Å²) in [7, 11) is 0. The van der Waals surface area contributed by atoms with Crippen molar-refractivity contribution in [2.24, 2.45) is 5.73 Å². The molecule has 1 fully saturated rings. The van der Waals surface area contributed by atoms with E-state index in [1.165, 1.54) is 0 Å². The Hall–Kier alpha value is -1.69. The average Bonchev–Trinajstić information content (AvgIpc) is 3.09. The SMILES string of the molecule is CC1CN(C(=O)[C@@H](N)Cc2ccccc2)CC(c2ccsc2)O1. The van der Waals surface area contributed by atoms with Gasteiger partial charge in [-0.15, -0.1) is 0 Å². The van der Waals surface area contributed by atoms with E-state index in [0.29, 0.717) is 19.5 Å². The summed E-state index contributed by atoms with van der Waals surface area (Å²) in [5, 5.41) is 4.11. The largest absolute Gasteiger partial charge is 0.367 e. The summed E-state index contributed by atoms with van der Waals surface area (Å²) in [5.41, 5.74) is 8.38. The molecule has 3 rings (SSSR count). The number of amides is 1. The van der Waals surface area contributed by atoms with Crippen molar-refractivity contribution in [1.29, 1.82) is 0 Å². The lowest BCUT2D eigenvalue weighted by atomic mass is 10.0. The number of thiophene rings is 1. The van der Waals surface area contributed by atoms with Gasteiger partial charge in [0.05, 0.1) is 18.7 Å². The van der Waals surface area contributed by atoms with E-state index in [1.54, 1.807) is 11.3 Å². The molecular weight excluding hydrogens is 308 g/mol. The topological polar surface area (TPSA) is 55.6 Å². The monoisotopic (exact) mass is 330 g/mol. The lowest BCUT2D eigenvalue weighted by molar-refractivity contribution is -0.146. The van der Waals surface area contributed by atoms with Crippen LogP contribution in [0.1, 0.15) is 24.2 Å². The average molecular weight is 330 g/mol. The summed E-state index contributed by atoms with van der Waals surface area (Å²) in [6.45, 7) is 3.17. The number of nitrogens with two attached hydrogens (primary N) is 1. The fourth-order valence-electron chi connectivity index (χ4n) is 2.96. The number of rotatable bonds is 4. The molecule has 1 saturated heterocycles. The molecule has 4 nitrogen and oxygen atoms in total. The Morgan fingerprint density at radius 2 is 2.13 bits per heavy atom. The molecule has 2 N–H and O–H groups in total. The molecule has 0 bridgehead atoms. The van der Waals surface area contributed by atoms with E-state index in [0.717, 1.165) is 11.1 Å². The van der Waals surface area contributed by atoms with Crippen molar-refractivity contribution >= 4 is 17.2 Å². The summed E-state index contributed by atoms with van der Waals surface area (Å²) in [6, 6.07) is 11.5. The third-order valence-corrected chi connectivity index (χ3v) is 4.80. The first kappa shape index (κ1) is 16.2. The van der Waals surface area contributed by atoms with Crippen molar-refractivity contribution in [2.45, 2.75) is 31.6 Å². The number of nitrogens with zero attached hydrogens (tertiary/aromatic N) is 1. The number of hydrogen-bond acceptors (Lipinski definition) is 4. The molecule has 0 saturated carbocycles. The first-order valence-corrected chi connectivity index (χ1v) is 8.83. The summed E-state index contributed by atoms with van der Waals surface area (Å²) in [6.07, 6.45) is 0.522. The fraction of sp³-hybridized carbons (Fsp3) is 0.389. The molecule has 3 atom stereocenters. The lowest BCUT2D eigenvalue weighted by Gasteiger charge is -2.37. The van der Waals surface area contributed by atoms with Crippen molar-refractivity contribution in [3.8, 4) is 0 Å². The Labute approximate surface area is 140 Å². The minimum Gasteiger partial charge on any atom is -0.367 e. The van der Waals surface area contributed by atoms with Gasteiger partial charge in [-0.2, -0.15) is 11.3 Å². The van der Waals surface area contributed by atoms with Crippen LogP contribution < -0.4 is 5.73 Å². The molecule has 23 heavy (non-hydrogen) atoms. The Kier molecular flexibility index (Phi) is 5.10. The summed E-state index contributed by atoms with van der Waals surface area (Å²) < 4.78 is 5.98. The van der Waals surface area contributed by atoms with Gasteiger partial charge in [0.25, 0.3) is 0 Å². The third-order valence-electron chi connectivity index (χ3n) is 4.10. The van der Waals surface area contributed by atoms with Crippen LogP contribution in [0.3, 0.4) is 0 Å². The number of ether oxygens (including phenoxy) is 1. The first-order valence-electron chi connectivity index (χ1n) is 7.89. The number of hydrogen-bond donors (Lipinski definition) is 1. The van der Waals surface area contributed by atoms with Crippen LogP contribution in [0, 0.1) is 0 Å². The highest BCUT2D eigenvalue weighted by molar-refractivity contribution is 7.07. The van der Waals surface area contributed by atoms with Crippen LogP contribution >= 0.6 is 11.3 Å². The van der Waals surface area contributed by atoms with Crippen molar-refractivity contribution < 1.29 is 9.53 Å². The van der Waals surface area contributed by atoms with Gasteiger partial charge in [0.15, 0.2) is 0 Å². The maximum atomic E-state index is 12.7. The Morgan fingerprint density at radius 3 is 2.83 bits per heavy atom. The zero-order chi connectivity index (χ0) is 16.2. The summed E-state index contributed by atoms with van der Waals surface area (Å²) in [5.74, 6) is 0.00392. The highest BCUT2D eigenvalue weighted by atomic mass is 32.1.